The van der Waals surface area contributed by atoms with E-state index >= 15 is 0 Å². The van der Waals surface area contributed by atoms with Crippen LogP contribution in [-0.2, 0) is 9.84 Å². The minimum absolute atomic E-state index is 0.0263. The molecule has 0 bridgehead atoms. The maximum atomic E-state index is 11.6. The number of rotatable bonds is 4. The SMILES string of the molecule is COc1ccc(C(Br)C2CCS(=O)(=O)C2)c(OC)c1Cl. The number of benzene rings is 1. The molecule has 1 saturated heterocycles. The van der Waals surface area contributed by atoms with Crippen molar-refractivity contribution in [1.29, 1.82) is 0 Å². The normalized spacial score (nSPS) is 22.5. The fraction of sp³-hybridized carbons (Fsp3) is 0.538. The molecule has 7 heteroatoms. The van der Waals surface area contributed by atoms with Gasteiger partial charge in [0.05, 0.1) is 25.7 Å². The lowest BCUT2D eigenvalue weighted by molar-refractivity contribution is 0.389. The van der Waals surface area contributed by atoms with Crippen molar-refractivity contribution in [3.8, 4) is 11.5 Å². The monoisotopic (exact) mass is 382 g/mol. The van der Waals surface area contributed by atoms with Gasteiger partial charge in [-0.15, -0.1) is 0 Å². The van der Waals surface area contributed by atoms with E-state index in [1.807, 2.05) is 6.07 Å². The van der Waals surface area contributed by atoms with Crippen LogP contribution < -0.4 is 9.47 Å². The van der Waals surface area contributed by atoms with E-state index in [0.717, 1.165) is 5.56 Å². The van der Waals surface area contributed by atoms with Gasteiger partial charge in [-0.25, -0.2) is 8.42 Å². The molecule has 112 valence electrons. The Morgan fingerprint density at radius 1 is 1.35 bits per heavy atom. The Balaban J connectivity index is 2.35. The van der Waals surface area contributed by atoms with Crippen molar-refractivity contribution in [2.45, 2.75) is 11.2 Å². The van der Waals surface area contributed by atoms with Gasteiger partial charge >= 0.3 is 0 Å². The van der Waals surface area contributed by atoms with Crippen molar-refractivity contribution in [1.82, 2.24) is 0 Å². The van der Waals surface area contributed by atoms with Gasteiger partial charge < -0.3 is 9.47 Å². The van der Waals surface area contributed by atoms with Crippen molar-refractivity contribution in [3.05, 3.63) is 22.7 Å². The number of hydrogen-bond donors (Lipinski definition) is 0. The van der Waals surface area contributed by atoms with E-state index < -0.39 is 9.84 Å². The summed E-state index contributed by atoms with van der Waals surface area (Å²) in [6, 6.07) is 3.62. The van der Waals surface area contributed by atoms with Crippen molar-refractivity contribution >= 4 is 37.4 Å². The van der Waals surface area contributed by atoms with Crippen molar-refractivity contribution < 1.29 is 17.9 Å². The van der Waals surface area contributed by atoms with Gasteiger partial charge in [0.2, 0.25) is 0 Å². The van der Waals surface area contributed by atoms with Gasteiger partial charge in [0.15, 0.2) is 9.84 Å². The molecule has 1 heterocycles. The van der Waals surface area contributed by atoms with Crippen LogP contribution in [0.2, 0.25) is 5.02 Å². The summed E-state index contributed by atoms with van der Waals surface area (Å²) in [5.74, 6) is 1.52. The summed E-state index contributed by atoms with van der Waals surface area (Å²) in [6.45, 7) is 0. The Morgan fingerprint density at radius 3 is 2.55 bits per heavy atom. The number of ether oxygens (including phenoxy) is 2. The first kappa shape index (κ1) is 15.9. The van der Waals surface area contributed by atoms with Crippen molar-refractivity contribution in [2.24, 2.45) is 5.92 Å². The second kappa shape index (κ2) is 6.12. The zero-order valence-electron chi connectivity index (χ0n) is 11.2. The summed E-state index contributed by atoms with van der Waals surface area (Å²) in [7, 11) is 0.155. The Hall–Kier alpha value is -0.460. The molecule has 1 fully saturated rings. The van der Waals surface area contributed by atoms with Gasteiger partial charge in [-0.05, 0) is 18.4 Å². The molecule has 1 aliphatic rings. The quantitative estimate of drug-likeness (QED) is 0.749. The maximum Gasteiger partial charge on any atom is 0.150 e. The van der Waals surface area contributed by atoms with Crippen LogP contribution in [0.4, 0.5) is 0 Å². The number of methoxy groups -OCH3 is 2. The highest BCUT2D eigenvalue weighted by atomic mass is 79.9. The van der Waals surface area contributed by atoms with E-state index in [0.29, 0.717) is 22.9 Å². The van der Waals surface area contributed by atoms with Gasteiger partial charge in [-0.2, -0.15) is 0 Å². The van der Waals surface area contributed by atoms with Crippen LogP contribution in [-0.4, -0.2) is 34.1 Å². The van der Waals surface area contributed by atoms with E-state index in [1.54, 1.807) is 6.07 Å². The van der Waals surface area contributed by atoms with Crippen LogP contribution >= 0.6 is 27.5 Å². The second-order valence-electron chi connectivity index (χ2n) is 4.77. The average Bonchev–Trinajstić information content (AvgIpc) is 2.78. The minimum Gasteiger partial charge on any atom is -0.495 e. The molecule has 4 nitrogen and oxygen atoms in total. The summed E-state index contributed by atoms with van der Waals surface area (Å²) in [4.78, 5) is -0.113. The zero-order valence-corrected chi connectivity index (χ0v) is 14.4. The Bertz CT molecular complexity index is 603. The van der Waals surface area contributed by atoms with Gasteiger partial charge in [0, 0.05) is 10.4 Å². The minimum atomic E-state index is -2.92. The van der Waals surface area contributed by atoms with E-state index in [9.17, 15) is 8.42 Å². The predicted octanol–water partition coefficient (Wildman–Crippen LogP) is 3.23. The predicted molar refractivity (Wildman–Crippen MR) is 83.0 cm³/mol. The molecule has 1 aliphatic heterocycles. The topological polar surface area (TPSA) is 52.6 Å². The molecular formula is C13H16BrClO4S. The maximum absolute atomic E-state index is 11.6. The number of sulfone groups is 1. The molecule has 0 spiro atoms. The zero-order chi connectivity index (χ0) is 14.9. The molecule has 0 amide bonds. The largest absolute Gasteiger partial charge is 0.495 e. The van der Waals surface area contributed by atoms with E-state index in [-0.39, 0.29) is 22.3 Å². The standard InChI is InChI=1S/C13H16BrClO4S/c1-18-10-4-3-9(13(19-2)12(10)15)11(14)8-5-6-20(16,17)7-8/h3-4,8,11H,5-7H2,1-2H3. The molecule has 0 N–H and O–H groups in total. The second-order valence-corrected chi connectivity index (χ2v) is 8.36. The summed E-state index contributed by atoms with van der Waals surface area (Å²) < 4.78 is 33.7. The molecule has 1 aromatic carbocycles. The van der Waals surface area contributed by atoms with Crippen LogP contribution in [0, 0.1) is 5.92 Å². The third-order valence-electron chi connectivity index (χ3n) is 3.49. The molecule has 20 heavy (non-hydrogen) atoms. The fourth-order valence-electron chi connectivity index (χ4n) is 2.44. The first-order chi connectivity index (χ1) is 9.39. The highest BCUT2D eigenvalue weighted by Crippen LogP contribution is 2.46. The average molecular weight is 384 g/mol. The van der Waals surface area contributed by atoms with Gasteiger partial charge in [0.25, 0.3) is 0 Å². The lowest BCUT2D eigenvalue weighted by Crippen LogP contribution is -2.11. The lowest BCUT2D eigenvalue weighted by atomic mass is 9.98. The first-order valence-corrected chi connectivity index (χ1v) is 9.26. The highest BCUT2D eigenvalue weighted by Gasteiger charge is 2.35. The Morgan fingerprint density at radius 2 is 2.05 bits per heavy atom. The van der Waals surface area contributed by atoms with Crippen LogP contribution in [0.1, 0.15) is 16.8 Å². The Labute approximate surface area is 132 Å². The van der Waals surface area contributed by atoms with Crippen LogP contribution in [0.15, 0.2) is 12.1 Å². The lowest BCUT2D eigenvalue weighted by Gasteiger charge is -2.20. The number of hydrogen-bond acceptors (Lipinski definition) is 4. The van der Waals surface area contributed by atoms with Gasteiger partial charge in [-0.1, -0.05) is 33.6 Å². The van der Waals surface area contributed by atoms with Crippen LogP contribution in [0.25, 0.3) is 0 Å². The van der Waals surface area contributed by atoms with Crippen molar-refractivity contribution in [3.63, 3.8) is 0 Å². The van der Waals surface area contributed by atoms with Crippen LogP contribution in [0.5, 0.6) is 11.5 Å². The molecule has 2 rings (SSSR count). The first-order valence-electron chi connectivity index (χ1n) is 6.14. The molecule has 2 atom stereocenters. The smallest absolute Gasteiger partial charge is 0.150 e. The van der Waals surface area contributed by atoms with E-state index in [4.69, 9.17) is 21.1 Å². The molecule has 1 aromatic rings. The molecule has 2 unspecified atom stereocenters. The van der Waals surface area contributed by atoms with E-state index in [2.05, 4.69) is 15.9 Å². The highest BCUT2D eigenvalue weighted by molar-refractivity contribution is 9.09. The summed E-state index contributed by atoms with van der Waals surface area (Å²) >= 11 is 9.82. The number of alkyl halides is 1. The van der Waals surface area contributed by atoms with Gasteiger partial charge in [0.1, 0.15) is 16.5 Å². The summed E-state index contributed by atoms with van der Waals surface area (Å²) in [6.07, 6.45) is 0.644. The summed E-state index contributed by atoms with van der Waals surface area (Å²) in [5.41, 5.74) is 0.848. The number of halogens is 2. The third-order valence-corrected chi connectivity index (χ3v) is 6.89. The third kappa shape index (κ3) is 3.07. The van der Waals surface area contributed by atoms with E-state index in [1.165, 1.54) is 14.2 Å². The van der Waals surface area contributed by atoms with Gasteiger partial charge in [-0.3, -0.25) is 0 Å². The molecule has 0 radical (unpaired) electrons. The fourth-order valence-corrected chi connectivity index (χ4v) is 5.67. The summed E-state index contributed by atoms with van der Waals surface area (Å²) in [5, 5.41) is 0.401. The van der Waals surface area contributed by atoms with Crippen LogP contribution in [0.3, 0.4) is 0 Å². The molecule has 0 aliphatic carbocycles. The molecular weight excluding hydrogens is 368 g/mol. The Kier molecular flexibility index (Phi) is 4.87. The molecule has 0 saturated carbocycles. The molecule has 0 aromatic heterocycles. The van der Waals surface area contributed by atoms with Crippen molar-refractivity contribution in [2.75, 3.05) is 25.7 Å².